The summed E-state index contributed by atoms with van der Waals surface area (Å²) in [5, 5.41) is 6.08. The van der Waals surface area contributed by atoms with Gasteiger partial charge >= 0.3 is 6.18 Å². The van der Waals surface area contributed by atoms with Gasteiger partial charge in [0.25, 0.3) is 10.0 Å². The van der Waals surface area contributed by atoms with Crippen molar-refractivity contribution < 1.29 is 26.4 Å². The summed E-state index contributed by atoms with van der Waals surface area (Å²) < 4.78 is 67.2. The van der Waals surface area contributed by atoms with Crippen LogP contribution in [0.2, 0.25) is 4.34 Å². The van der Waals surface area contributed by atoms with E-state index in [-0.39, 0.29) is 23.3 Å². The van der Waals surface area contributed by atoms with E-state index in [1.165, 1.54) is 30.3 Å². The molecule has 4 heterocycles. The molecule has 224 valence electrons. The molecule has 0 aliphatic carbocycles. The minimum atomic E-state index is -4.48. The third-order valence-corrected chi connectivity index (χ3v) is 10.3. The average molecular weight is 648 g/mol. The van der Waals surface area contributed by atoms with Gasteiger partial charge < -0.3 is 10.6 Å². The Kier molecular flexibility index (Phi) is 8.88. The van der Waals surface area contributed by atoms with Gasteiger partial charge in [0, 0.05) is 31.0 Å². The molecular weight excluding hydrogens is 623 g/mol. The molecule has 0 saturated heterocycles. The Labute approximate surface area is 255 Å². The molecule has 4 aromatic rings. The Morgan fingerprint density at radius 3 is 2.49 bits per heavy atom. The van der Waals surface area contributed by atoms with E-state index >= 15 is 0 Å². The van der Waals surface area contributed by atoms with Gasteiger partial charge in [-0.3, -0.25) is 9.78 Å². The first-order valence-corrected chi connectivity index (χ1v) is 15.6. The molecule has 1 unspecified atom stereocenters. The fraction of sp³-hybridized carbons (Fsp3) is 0.207. The zero-order chi connectivity index (χ0) is 30.8. The zero-order valence-electron chi connectivity index (χ0n) is 22.5. The first-order chi connectivity index (χ1) is 20.4. The van der Waals surface area contributed by atoms with Gasteiger partial charge in [0.15, 0.2) is 0 Å². The number of hydrogen-bond donors (Lipinski definition) is 2. The lowest BCUT2D eigenvalue weighted by Gasteiger charge is -2.22. The summed E-state index contributed by atoms with van der Waals surface area (Å²) in [7, 11) is -3.96. The lowest BCUT2D eigenvalue weighted by atomic mass is 10.1. The van der Waals surface area contributed by atoms with Crippen LogP contribution in [0.3, 0.4) is 0 Å². The van der Waals surface area contributed by atoms with Crippen molar-refractivity contribution in [3.8, 4) is 11.3 Å². The van der Waals surface area contributed by atoms with E-state index in [0.29, 0.717) is 27.0 Å². The van der Waals surface area contributed by atoms with Gasteiger partial charge in [0.1, 0.15) is 16.1 Å². The quantitative estimate of drug-likeness (QED) is 0.207. The van der Waals surface area contributed by atoms with Crippen LogP contribution in [-0.2, 0) is 27.5 Å². The highest BCUT2D eigenvalue weighted by Gasteiger charge is 2.37. The number of nitrogens with one attached hydrogen (secondary N) is 2. The zero-order valence-corrected chi connectivity index (χ0v) is 24.9. The van der Waals surface area contributed by atoms with Gasteiger partial charge in [0.05, 0.1) is 21.6 Å². The van der Waals surface area contributed by atoms with Gasteiger partial charge in [-0.15, -0.1) is 11.3 Å². The van der Waals surface area contributed by atoms with Crippen molar-refractivity contribution in [3.05, 3.63) is 106 Å². The van der Waals surface area contributed by atoms with Crippen LogP contribution in [0.1, 0.15) is 29.7 Å². The van der Waals surface area contributed by atoms with Crippen molar-refractivity contribution >= 4 is 44.7 Å². The molecule has 2 atom stereocenters. The number of hydrogen-bond acceptors (Lipinski definition) is 7. The number of halogens is 4. The van der Waals surface area contributed by atoms with Crippen LogP contribution >= 0.6 is 22.9 Å². The van der Waals surface area contributed by atoms with Crippen LogP contribution < -0.4 is 10.6 Å². The smallest absolute Gasteiger partial charge is 0.364 e. The molecule has 8 nitrogen and oxygen atoms in total. The number of aromatic nitrogens is 2. The summed E-state index contributed by atoms with van der Waals surface area (Å²) in [6, 6.07) is 13.4. The third kappa shape index (κ3) is 7.07. The second kappa shape index (κ2) is 12.4. The summed E-state index contributed by atoms with van der Waals surface area (Å²) in [5.41, 5.74) is 1.60. The van der Waals surface area contributed by atoms with Crippen LogP contribution in [-0.4, -0.2) is 41.2 Å². The van der Waals surface area contributed by atoms with E-state index in [1.54, 1.807) is 30.6 Å². The van der Waals surface area contributed by atoms with Crippen LogP contribution in [0.5, 0.6) is 0 Å². The maximum atomic E-state index is 13.2. The highest BCUT2D eigenvalue weighted by molar-refractivity contribution is 7.91. The summed E-state index contributed by atoms with van der Waals surface area (Å²) in [5.74, 6) is -0.0990. The Morgan fingerprint density at radius 1 is 1.12 bits per heavy atom. The summed E-state index contributed by atoms with van der Waals surface area (Å²) in [6.45, 7) is 1.96. The summed E-state index contributed by atoms with van der Waals surface area (Å²) in [4.78, 5) is 21.9. The van der Waals surface area contributed by atoms with Gasteiger partial charge in [-0.2, -0.15) is 17.5 Å². The van der Waals surface area contributed by atoms with Gasteiger partial charge in [-0.25, -0.2) is 13.4 Å². The SMILES string of the molecule is CC(Nc1cc(CNC(=O)[C@@H]2C=CCN2S(=O)(=O)c2ccc(Cl)s2)cc(-c2ccc(C(F)(F)F)cc2)n1)c1ccncc1. The number of carbonyl (C=O) groups is 1. The van der Waals surface area contributed by atoms with E-state index in [9.17, 15) is 26.4 Å². The number of anilines is 1. The Hall–Kier alpha value is -3.78. The molecule has 43 heavy (non-hydrogen) atoms. The summed E-state index contributed by atoms with van der Waals surface area (Å²) >= 11 is 6.84. The lowest BCUT2D eigenvalue weighted by molar-refractivity contribution is -0.137. The molecule has 0 radical (unpaired) electrons. The van der Waals surface area contributed by atoms with Gasteiger partial charge in [-0.05, 0) is 66.6 Å². The lowest BCUT2D eigenvalue weighted by Crippen LogP contribution is -2.45. The number of amides is 1. The number of rotatable bonds is 9. The van der Waals surface area contributed by atoms with Crippen molar-refractivity contribution in [2.45, 2.75) is 35.9 Å². The maximum absolute atomic E-state index is 13.2. The number of thiophene rings is 1. The molecule has 0 fully saturated rings. The van der Waals surface area contributed by atoms with Crippen LogP contribution in [0.4, 0.5) is 19.0 Å². The molecule has 3 aromatic heterocycles. The molecule has 1 aliphatic heterocycles. The predicted molar refractivity (Wildman–Crippen MR) is 159 cm³/mol. The molecule has 0 spiro atoms. The van der Waals surface area contributed by atoms with Gasteiger partial charge in [-0.1, -0.05) is 35.9 Å². The number of sulfonamides is 1. The molecule has 14 heteroatoms. The van der Waals surface area contributed by atoms with Crippen molar-refractivity contribution in [2.75, 3.05) is 11.9 Å². The molecule has 2 N–H and O–H groups in total. The van der Waals surface area contributed by atoms with E-state index in [2.05, 4.69) is 20.6 Å². The minimum Gasteiger partial charge on any atom is -0.364 e. The largest absolute Gasteiger partial charge is 0.416 e. The van der Waals surface area contributed by atoms with E-state index in [1.807, 2.05) is 19.1 Å². The maximum Gasteiger partial charge on any atom is 0.416 e. The predicted octanol–water partition coefficient (Wildman–Crippen LogP) is 6.30. The van der Waals surface area contributed by atoms with E-state index < -0.39 is 33.7 Å². The highest BCUT2D eigenvalue weighted by atomic mass is 35.5. The molecular formula is C29H25ClF3N5O3S2. The van der Waals surface area contributed by atoms with E-state index in [4.69, 9.17) is 11.6 Å². The number of benzene rings is 1. The van der Waals surface area contributed by atoms with Crippen molar-refractivity contribution in [3.63, 3.8) is 0 Å². The number of carbonyl (C=O) groups excluding carboxylic acids is 1. The number of alkyl halides is 3. The van der Waals surface area contributed by atoms with Crippen molar-refractivity contribution in [1.82, 2.24) is 19.6 Å². The molecule has 1 aromatic carbocycles. The normalized spacial score (nSPS) is 16.3. The molecule has 1 amide bonds. The number of pyridine rings is 2. The molecule has 0 saturated carbocycles. The first kappa shape index (κ1) is 30.7. The van der Waals surface area contributed by atoms with Crippen molar-refractivity contribution in [1.29, 1.82) is 0 Å². The fourth-order valence-electron chi connectivity index (χ4n) is 4.51. The van der Waals surface area contributed by atoms with Crippen LogP contribution in [0, 0.1) is 0 Å². The first-order valence-electron chi connectivity index (χ1n) is 13.0. The minimum absolute atomic E-state index is 0.0103. The fourth-order valence-corrected chi connectivity index (χ4v) is 7.62. The Balaban J connectivity index is 1.38. The number of nitrogens with zero attached hydrogens (tertiary/aromatic N) is 3. The molecule has 5 rings (SSSR count). The summed E-state index contributed by atoms with van der Waals surface area (Å²) in [6.07, 6.45) is 1.97. The Morgan fingerprint density at radius 2 is 1.84 bits per heavy atom. The van der Waals surface area contributed by atoms with Crippen LogP contribution in [0.15, 0.2) is 89.4 Å². The van der Waals surface area contributed by atoms with Crippen LogP contribution in [0.25, 0.3) is 11.3 Å². The third-order valence-electron chi connectivity index (χ3n) is 6.72. The van der Waals surface area contributed by atoms with E-state index in [0.717, 1.165) is 33.3 Å². The van der Waals surface area contributed by atoms with Gasteiger partial charge in [0.2, 0.25) is 5.91 Å². The monoisotopic (exact) mass is 647 g/mol. The topological polar surface area (TPSA) is 104 Å². The second-order valence-corrected chi connectivity index (χ2v) is 13.5. The second-order valence-electron chi connectivity index (χ2n) is 9.69. The highest BCUT2D eigenvalue weighted by Crippen LogP contribution is 2.32. The molecule has 0 bridgehead atoms. The standard InChI is InChI=1S/C29H25ClF3N5O3S2/c1-18(20-10-12-34-13-11-20)36-26-16-19(15-23(37-26)21-4-6-22(7-5-21)29(31,32)33)17-35-28(39)24-3-2-14-38(24)43(40,41)27-9-8-25(30)42-27/h2-13,15-16,18,24H,14,17H2,1H3,(H,35,39)(H,36,37)/t18?,24-/m0/s1. The average Bonchev–Trinajstić information content (AvgIpc) is 3.66. The molecule has 1 aliphatic rings. The Bertz CT molecular complexity index is 1750. The van der Waals surface area contributed by atoms with Crippen molar-refractivity contribution in [2.24, 2.45) is 0 Å².